The second-order valence-corrected chi connectivity index (χ2v) is 10.5. The lowest BCUT2D eigenvalue weighted by molar-refractivity contribution is 0.387. The van der Waals surface area contributed by atoms with Crippen molar-refractivity contribution in [1.29, 1.82) is 0 Å². The smallest absolute Gasteiger partial charge is 0.00734 e. The molecule has 5 heteroatoms. The van der Waals surface area contributed by atoms with Crippen LogP contribution in [0.3, 0.4) is 0 Å². The molecule has 0 unspecified atom stereocenters. The molecule has 0 radical (unpaired) electrons. The topological polar surface area (TPSA) is 3.24 Å². The molecule has 0 aromatic rings. The number of unbranched alkanes of at least 4 members (excludes halogenated alkanes) is 2. The van der Waals surface area contributed by atoms with Crippen LogP contribution >= 0.6 is 43.2 Å². The van der Waals surface area contributed by atoms with Crippen LogP contribution in [0.1, 0.15) is 39.5 Å². The fourth-order valence-corrected chi connectivity index (χ4v) is 6.07. The molecule has 0 spiro atoms. The highest BCUT2D eigenvalue weighted by atomic mass is 33.1. The zero-order valence-corrected chi connectivity index (χ0v) is 16.3. The lowest BCUT2D eigenvalue weighted by Gasteiger charge is -2.16. The van der Waals surface area contributed by atoms with Crippen molar-refractivity contribution >= 4 is 43.2 Å². The summed E-state index contributed by atoms with van der Waals surface area (Å²) < 4.78 is 0. The molecule has 116 valence electrons. The van der Waals surface area contributed by atoms with E-state index in [4.69, 9.17) is 0 Å². The third-order valence-corrected chi connectivity index (χ3v) is 7.98. The van der Waals surface area contributed by atoms with Crippen LogP contribution < -0.4 is 0 Å². The Morgan fingerprint density at radius 1 is 0.789 bits per heavy atom. The van der Waals surface area contributed by atoms with E-state index in [1.54, 1.807) is 0 Å². The van der Waals surface area contributed by atoms with Crippen LogP contribution in [0.15, 0.2) is 0 Å². The molecule has 0 heterocycles. The maximum absolute atomic E-state index is 2.29. The third-order valence-electron chi connectivity index (χ3n) is 2.73. The van der Waals surface area contributed by atoms with Crippen LogP contribution in [0.4, 0.5) is 0 Å². The minimum absolute atomic E-state index is 0.910. The van der Waals surface area contributed by atoms with Gasteiger partial charge in [-0.3, -0.25) is 0 Å². The molecule has 0 aliphatic carbocycles. The van der Waals surface area contributed by atoms with Gasteiger partial charge >= 0.3 is 0 Å². The van der Waals surface area contributed by atoms with E-state index in [0.717, 1.165) is 5.92 Å². The van der Waals surface area contributed by atoms with Crippen molar-refractivity contribution in [2.24, 2.45) is 5.92 Å². The van der Waals surface area contributed by atoms with E-state index < -0.39 is 0 Å². The molecule has 0 aromatic carbocycles. The van der Waals surface area contributed by atoms with Crippen LogP contribution in [0, 0.1) is 5.92 Å². The first-order valence-corrected chi connectivity index (χ1v) is 12.3. The first-order chi connectivity index (χ1) is 9.20. The first-order valence-electron chi connectivity index (χ1n) is 7.34. The van der Waals surface area contributed by atoms with Gasteiger partial charge in [0.1, 0.15) is 0 Å². The van der Waals surface area contributed by atoms with Crippen molar-refractivity contribution in [2.75, 3.05) is 43.7 Å². The molecule has 0 saturated carbocycles. The summed E-state index contributed by atoms with van der Waals surface area (Å²) in [5.41, 5.74) is 0. The maximum Gasteiger partial charge on any atom is 0.00734 e. The highest BCUT2D eigenvalue weighted by Crippen LogP contribution is 2.31. The highest BCUT2D eigenvalue weighted by Gasteiger charge is 2.09. The first kappa shape index (κ1) is 20.4. The van der Waals surface area contributed by atoms with Gasteiger partial charge in [-0.1, -0.05) is 69.9 Å². The van der Waals surface area contributed by atoms with E-state index >= 15 is 0 Å². The van der Waals surface area contributed by atoms with Crippen LogP contribution in [0.2, 0.25) is 0 Å². The van der Waals surface area contributed by atoms with E-state index in [1.807, 2.05) is 21.6 Å². The Kier molecular flexibility index (Phi) is 16.9. The third kappa shape index (κ3) is 15.6. The Balaban J connectivity index is 3.64. The van der Waals surface area contributed by atoms with E-state index in [2.05, 4.69) is 54.4 Å². The lowest BCUT2D eigenvalue weighted by Crippen LogP contribution is -2.13. The normalized spacial score (nSPS) is 11.7. The van der Waals surface area contributed by atoms with Crippen molar-refractivity contribution in [1.82, 2.24) is 4.90 Å². The SMILES string of the molecule is CCSSCC(CCCCCN(C)C)CSSCC. The molecule has 19 heavy (non-hydrogen) atoms. The molecule has 0 rings (SSSR count). The summed E-state index contributed by atoms with van der Waals surface area (Å²) in [5, 5.41) is 0. The van der Waals surface area contributed by atoms with Gasteiger partial charge in [-0.15, -0.1) is 0 Å². The Morgan fingerprint density at radius 3 is 1.84 bits per heavy atom. The summed E-state index contributed by atoms with van der Waals surface area (Å²) in [5.74, 6) is 6.05. The fraction of sp³-hybridized carbons (Fsp3) is 1.00. The number of rotatable bonds is 14. The molecule has 0 aliphatic rings. The Morgan fingerprint density at radius 2 is 1.37 bits per heavy atom. The van der Waals surface area contributed by atoms with E-state index in [9.17, 15) is 0 Å². The number of hydrogen-bond acceptors (Lipinski definition) is 5. The lowest BCUT2D eigenvalue weighted by atomic mass is 10.0. The summed E-state index contributed by atoms with van der Waals surface area (Å²) in [4.78, 5) is 2.29. The monoisotopic (exact) mass is 341 g/mol. The van der Waals surface area contributed by atoms with Crippen molar-refractivity contribution in [2.45, 2.75) is 39.5 Å². The molecule has 0 fully saturated rings. The quantitative estimate of drug-likeness (QED) is 0.301. The molecule has 0 atom stereocenters. The van der Waals surface area contributed by atoms with Gasteiger partial charge in [0, 0.05) is 23.0 Å². The second kappa shape index (κ2) is 15.7. The minimum Gasteiger partial charge on any atom is -0.309 e. The molecular weight excluding hydrogens is 310 g/mol. The van der Waals surface area contributed by atoms with Gasteiger partial charge in [0.15, 0.2) is 0 Å². The van der Waals surface area contributed by atoms with E-state index in [-0.39, 0.29) is 0 Å². The van der Waals surface area contributed by atoms with Gasteiger partial charge in [0.05, 0.1) is 0 Å². The Labute approximate surface area is 137 Å². The molecular formula is C14H31NS4. The Hall–Kier alpha value is 1.36. The van der Waals surface area contributed by atoms with Crippen LogP contribution in [0.25, 0.3) is 0 Å². The van der Waals surface area contributed by atoms with Gasteiger partial charge in [-0.05, 0) is 39.4 Å². The van der Waals surface area contributed by atoms with Gasteiger partial charge in [-0.2, -0.15) is 0 Å². The molecule has 0 amide bonds. The second-order valence-electron chi connectivity index (χ2n) is 4.90. The standard InChI is InChI=1S/C14H31NS4/c1-5-16-18-12-14(13-19-17-6-2)10-8-7-9-11-15(3)4/h14H,5-13H2,1-4H3. The zero-order chi connectivity index (χ0) is 14.3. The summed E-state index contributed by atoms with van der Waals surface area (Å²) in [6.07, 6.45) is 5.58. The number of nitrogens with zero attached hydrogens (tertiary/aromatic N) is 1. The summed E-state index contributed by atoms with van der Waals surface area (Å²) >= 11 is 0. The van der Waals surface area contributed by atoms with Crippen LogP contribution in [0.5, 0.6) is 0 Å². The average molecular weight is 342 g/mol. The van der Waals surface area contributed by atoms with Gasteiger partial charge < -0.3 is 4.90 Å². The summed E-state index contributed by atoms with van der Waals surface area (Å²) in [7, 11) is 12.5. The highest BCUT2D eigenvalue weighted by molar-refractivity contribution is 8.77. The zero-order valence-electron chi connectivity index (χ0n) is 13.0. The largest absolute Gasteiger partial charge is 0.309 e. The van der Waals surface area contributed by atoms with Gasteiger partial charge in [0.25, 0.3) is 0 Å². The fourth-order valence-electron chi connectivity index (χ4n) is 1.71. The van der Waals surface area contributed by atoms with Gasteiger partial charge in [-0.25, -0.2) is 0 Å². The van der Waals surface area contributed by atoms with Crippen molar-refractivity contribution in [3.63, 3.8) is 0 Å². The Bertz CT molecular complexity index is 169. The minimum atomic E-state index is 0.910. The van der Waals surface area contributed by atoms with Gasteiger partial charge in [0.2, 0.25) is 0 Å². The average Bonchev–Trinajstić information content (AvgIpc) is 2.38. The van der Waals surface area contributed by atoms with E-state index in [1.165, 1.54) is 55.2 Å². The molecule has 1 nitrogen and oxygen atoms in total. The maximum atomic E-state index is 2.29. The predicted molar refractivity (Wildman–Crippen MR) is 102 cm³/mol. The molecule has 0 N–H and O–H groups in total. The summed E-state index contributed by atoms with van der Waals surface area (Å²) in [6.45, 7) is 5.73. The van der Waals surface area contributed by atoms with E-state index in [0.29, 0.717) is 0 Å². The summed E-state index contributed by atoms with van der Waals surface area (Å²) in [6, 6.07) is 0. The number of hydrogen-bond donors (Lipinski definition) is 0. The van der Waals surface area contributed by atoms with Crippen LogP contribution in [-0.2, 0) is 0 Å². The van der Waals surface area contributed by atoms with Crippen molar-refractivity contribution in [3.8, 4) is 0 Å². The van der Waals surface area contributed by atoms with Crippen molar-refractivity contribution in [3.05, 3.63) is 0 Å². The molecule has 0 bridgehead atoms. The van der Waals surface area contributed by atoms with Crippen LogP contribution in [-0.4, -0.2) is 48.6 Å². The predicted octanol–water partition coefficient (Wildman–Crippen LogP) is 5.53. The molecule has 0 saturated heterocycles. The molecule has 0 aliphatic heterocycles. The molecule has 0 aromatic heterocycles. The van der Waals surface area contributed by atoms with Crippen molar-refractivity contribution < 1.29 is 0 Å².